The first kappa shape index (κ1) is 14.5. The smallest absolute Gasteiger partial charge is 0.254 e. The summed E-state index contributed by atoms with van der Waals surface area (Å²) < 4.78 is 18.6. The Labute approximate surface area is 121 Å². The Kier molecular flexibility index (Phi) is 4.74. The van der Waals surface area contributed by atoms with Crippen LogP contribution in [0.1, 0.15) is 27.0 Å². The lowest BCUT2D eigenvalue weighted by atomic mass is 10.2. The number of carbonyl (C=O) groups excluding carboxylic acids is 1. The van der Waals surface area contributed by atoms with E-state index < -0.39 is 11.7 Å². The van der Waals surface area contributed by atoms with Gasteiger partial charge in [0.05, 0.1) is 19.2 Å². The molecule has 0 aliphatic heterocycles. The molecule has 2 aromatic rings. The molecule has 1 amide bonds. The minimum atomic E-state index is -0.581. The highest BCUT2D eigenvalue weighted by atomic mass is 32.1. The zero-order chi connectivity index (χ0) is 14.5. The lowest BCUT2D eigenvalue weighted by molar-refractivity contribution is 0.0947. The van der Waals surface area contributed by atoms with E-state index >= 15 is 0 Å². The van der Waals surface area contributed by atoms with Crippen LogP contribution in [-0.2, 0) is 13.0 Å². The van der Waals surface area contributed by atoms with E-state index in [0.717, 1.165) is 11.3 Å². The summed E-state index contributed by atoms with van der Waals surface area (Å²) in [5.74, 6) is -0.608. The normalized spacial score (nSPS) is 10.3. The number of hydrogen-bond acceptors (Lipinski definition) is 3. The number of thiophene rings is 1. The van der Waals surface area contributed by atoms with E-state index in [9.17, 15) is 9.18 Å². The summed E-state index contributed by atoms with van der Waals surface area (Å²) in [7, 11) is 1.45. The number of benzene rings is 1. The van der Waals surface area contributed by atoms with Gasteiger partial charge in [0.1, 0.15) is 11.6 Å². The van der Waals surface area contributed by atoms with Crippen molar-refractivity contribution in [3.05, 3.63) is 51.5 Å². The van der Waals surface area contributed by atoms with Gasteiger partial charge in [-0.3, -0.25) is 4.79 Å². The molecule has 20 heavy (non-hydrogen) atoms. The molecule has 1 N–H and O–H groups in total. The standard InChI is InChI=1S/C15H16FNO2S/c1-3-11-5-6-12(20-11)9-17-15(18)13-7-4-10(19-2)8-14(13)16/h4-8H,3,9H2,1-2H3,(H,17,18). The molecule has 0 saturated heterocycles. The van der Waals surface area contributed by atoms with E-state index in [2.05, 4.69) is 12.2 Å². The number of hydrogen-bond donors (Lipinski definition) is 1. The Morgan fingerprint density at radius 1 is 1.30 bits per heavy atom. The quantitative estimate of drug-likeness (QED) is 0.917. The Morgan fingerprint density at radius 3 is 2.65 bits per heavy atom. The largest absolute Gasteiger partial charge is 0.497 e. The van der Waals surface area contributed by atoms with Crippen LogP contribution in [0.15, 0.2) is 30.3 Å². The number of ether oxygens (including phenoxy) is 1. The second-order valence-electron chi connectivity index (χ2n) is 4.25. The third-order valence-corrected chi connectivity index (χ3v) is 4.14. The predicted octanol–water partition coefficient (Wildman–Crippen LogP) is 3.39. The molecule has 1 heterocycles. The SMILES string of the molecule is CCc1ccc(CNC(=O)c2ccc(OC)cc2F)s1. The number of amides is 1. The predicted molar refractivity (Wildman–Crippen MR) is 77.8 cm³/mol. The van der Waals surface area contributed by atoms with Crippen molar-refractivity contribution >= 4 is 17.2 Å². The number of methoxy groups -OCH3 is 1. The third-order valence-electron chi connectivity index (χ3n) is 2.91. The molecule has 1 aromatic carbocycles. The zero-order valence-corrected chi connectivity index (χ0v) is 12.2. The number of carbonyl (C=O) groups is 1. The van der Waals surface area contributed by atoms with Crippen molar-refractivity contribution in [2.24, 2.45) is 0 Å². The van der Waals surface area contributed by atoms with Crippen LogP contribution in [0.3, 0.4) is 0 Å². The van der Waals surface area contributed by atoms with E-state index in [1.807, 2.05) is 12.1 Å². The topological polar surface area (TPSA) is 38.3 Å². The second-order valence-corrected chi connectivity index (χ2v) is 5.50. The average molecular weight is 293 g/mol. The molecule has 0 atom stereocenters. The molecule has 5 heteroatoms. The molecule has 0 unspecified atom stereocenters. The molecule has 106 valence electrons. The maximum Gasteiger partial charge on any atom is 0.254 e. The highest BCUT2D eigenvalue weighted by Gasteiger charge is 2.12. The summed E-state index contributed by atoms with van der Waals surface area (Å²) in [4.78, 5) is 14.3. The van der Waals surface area contributed by atoms with Gasteiger partial charge >= 0.3 is 0 Å². The highest BCUT2D eigenvalue weighted by molar-refractivity contribution is 7.11. The molecule has 2 rings (SSSR count). The molecular weight excluding hydrogens is 277 g/mol. The molecule has 3 nitrogen and oxygen atoms in total. The van der Waals surface area contributed by atoms with E-state index in [1.165, 1.54) is 24.1 Å². The summed E-state index contributed by atoms with van der Waals surface area (Å²) >= 11 is 1.65. The maximum atomic E-state index is 13.7. The van der Waals surface area contributed by atoms with E-state index in [4.69, 9.17) is 4.74 Å². The van der Waals surface area contributed by atoms with Crippen molar-refractivity contribution in [2.75, 3.05) is 7.11 Å². The summed E-state index contributed by atoms with van der Waals surface area (Å²) in [5, 5.41) is 2.72. The van der Waals surface area contributed by atoms with Crippen LogP contribution in [0.2, 0.25) is 0 Å². The molecule has 0 radical (unpaired) electrons. The minimum absolute atomic E-state index is 0.0260. The number of aryl methyl sites for hydroxylation is 1. The molecule has 0 spiro atoms. The van der Waals surface area contributed by atoms with Gasteiger partial charge in [0.2, 0.25) is 0 Å². The fraction of sp³-hybridized carbons (Fsp3) is 0.267. The van der Waals surface area contributed by atoms with Gasteiger partial charge in [0.15, 0.2) is 0 Å². The van der Waals surface area contributed by atoms with Crippen LogP contribution in [0.4, 0.5) is 4.39 Å². The van der Waals surface area contributed by atoms with Gasteiger partial charge in [0.25, 0.3) is 5.91 Å². The maximum absolute atomic E-state index is 13.7. The first-order chi connectivity index (χ1) is 9.63. The van der Waals surface area contributed by atoms with Crippen molar-refractivity contribution in [3.63, 3.8) is 0 Å². The Hall–Kier alpha value is -1.88. The molecule has 0 aliphatic carbocycles. The lowest BCUT2D eigenvalue weighted by Crippen LogP contribution is -2.23. The monoisotopic (exact) mass is 293 g/mol. The second kappa shape index (κ2) is 6.52. The molecular formula is C15H16FNO2S. The van der Waals surface area contributed by atoms with Gasteiger partial charge < -0.3 is 10.1 Å². The highest BCUT2D eigenvalue weighted by Crippen LogP contribution is 2.18. The number of nitrogens with one attached hydrogen (secondary N) is 1. The zero-order valence-electron chi connectivity index (χ0n) is 11.4. The average Bonchev–Trinajstić information content (AvgIpc) is 2.92. The van der Waals surface area contributed by atoms with Gasteiger partial charge in [-0.25, -0.2) is 4.39 Å². The number of halogens is 1. The summed E-state index contributed by atoms with van der Waals surface area (Å²) in [6.07, 6.45) is 0.978. The molecule has 0 saturated carbocycles. The van der Waals surface area contributed by atoms with E-state index in [1.54, 1.807) is 17.4 Å². The summed E-state index contributed by atoms with van der Waals surface area (Å²) in [5.41, 5.74) is 0.0260. The van der Waals surface area contributed by atoms with Crippen molar-refractivity contribution in [1.82, 2.24) is 5.32 Å². The Morgan fingerprint density at radius 2 is 2.05 bits per heavy atom. The van der Waals surface area contributed by atoms with Crippen molar-refractivity contribution in [3.8, 4) is 5.75 Å². The Balaban J connectivity index is 2.01. The first-order valence-electron chi connectivity index (χ1n) is 6.33. The summed E-state index contributed by atoms with van der Waals surface area (Å²) in [6, 6.07) is 8.22. The van der Waals surface area contributed by atoms with Gasteiger partial charge in [-0.15, -0.1) is 11.3 Å². The van der Waals surface area contributed by atoms with Gasteiger partial charge in [-0.05, 0) is 30.7 Å². The fourth-order valence-electron chi connectivity index (χ4n) is 1.78. The lowest BCUT2D eigenvalue weighted by Gasteiger charge is -2.06. The molecule has 1 aromatic heterocycles. The third kappa shape index (κ3) is 3.36. The van der Waals surface area contributed by atoms with Crippen LogP contribution >= 0.6 is 11.3 Å². The first-order valence-corrected chi connectivity index (χ1v) is 7.15. The summed E-state index contributed by atoms with van der Waals surface area (Å²) in [6.45, 7) is 2.50. The van der Waals surface area contributed by atoms with Crippen LogP contribution in [0.5, 0.6) is 5.75 Å². The van der Waals surface area contributed by atoms with Gasteiger partial charge in [-0.1, -0.05) is 6.92 Å². The minimum Gasteiger partial charge on any atom is -0.497 e. The van der Waals surface area contributed by atoms with Crippen LogP contribution in [0.25, 0.3) is 0 Å². The van der Waals surface area contributed by atoms with E-state index in [-0.39, 0.29) is 5.56 Å². The number of rotatable bonds is 5. The molecule has 0 fully saturated rings. The molecule has 0 aliphatic rings. The van der Waals surface area contributed by atoms with E-state index in [0.29, 0.717) is 12.3 Å². The van der Waals surface area contributed by atoms with Crippen LogP contribution in [-0.4, -0.2) is 13.0 Å². The van der Waals surface area contributed by atoms with Crippen LogP contribution < -0.4 is 10.1 Å². The van der Waals surface area contributed by atoms with Crippen molar-refractivity contribution in [1.29, 1.82) is 0 Å². The fourth-order valence-corrected chi connectivity index (χ4v) is 2.67. The van der Waals surface area contributed by atoms with Crippen LogP contribution in [0, 0.1) is 5.82 Å². The van der Waals surface area contributed by atoms with Gasteiger partial charge in [0, 0.05) is 15.8 Å². The molecule has 0 bridgehead atoms. The van der Waals surface area contributed by atoms with Crippen molar-refractivity contribution < 1.29 is 13.9 Å². The van der Waals surface area contributed by atoms with Gasteiger partial charge in [-0.2, -0.15) is 0 Å². The van der Waals surface area contributed by atoms with Crippen molar-refractivity contribution in [2.45, 2.75) is 19.9 Å². The Bertz CT molecular complexity index is 610.